The van der Waals surface area contributed by atoms with Gasteiger partial charge in [0, 0.05) is 37.9 Å². The topological polar surface area (TPSA) is 64.8 Å². The van der Waals surface area contributed by atoms with Crippen molar-refractivity contribution >= 4 is 5.82 Å². The number of anilines is 1. The number of aromatic nitrogens is 2. The third-order valence-corrected chi connectivity index (χ3v) is 4.35. The molecule has 1 N–H and O–H groups in total. The van der Waals surface area contributed by atoms with Crippen LogP contribution in [0.2, 0.25) is 0 Å². The van der Waals surface area contributed by atoms with Gasteiger partial charge in [-0.2, -0.15) is 5.26 Å². The van der Waals surface area contributed by atoms with E-state index in [0.29, 0.717) is 0 Å². The summed E-state index contributed by atoms with van der Waals surface area (Å²) < 4.78 is 0. The number of nitrogens with one attached hydrogen (secondary N) is 1. The van der Waals surface area contributed by atoms with Gasteiger partial charge in [-0.15, -0.1) is 0 Å². The summed E-state index contributed by atoms with van der Waals surface area (Å²) in [6.07, 6.45) is 2.86. The van der Waals surface area contributed by atoms with Gasteiger partial charge in [0.25, 0.3) is 0 Å². The van der Waals surface area contributed by atoms with Crippen LogP contribution in [-0.4, -0.2) is 28.0 Å². The van der Waals surface area contributed by atoms with Crippen LogP contribution >= 0.6 is 0 Å². The molecule has 0 aliphatic carbocycles. The number of benzene rings is 1. The molecule has 0 saturated carbocycles. The van der Waals surface area contributed by atoms with Gasteiger partial charge < -0.3 is 5.32 Å². The molecule has 1 aromatic heterocycles. The molecule has 2 aromatic rings. The predicted octanol–water partition coefficient (Wildman–Crippen LogP) is 3.36. The summed E-state index contributed by atoms with van der Waals surface area (Å²) in [5.74, 6) is 0.990. The fourth-order valence-corrected chi connectivity index (χ4v) is 3.01. The van der Waals surface area contributed by atoms with Crippen molar-refractivity contribution in [2.24, 2.45) is 5.41 Å². The highest BCUT2D eigenvalue weighted by molar-refractivity contribution is 5.44. The fourth-order valence-electron chi connectivity index (χ4n) is 3.01. The van der Waals surface area contributed by atoms with Gasteiger partial charge in [-0.1, -0.05) is 45.0 Å². The van der Waals surface area contributed by atoms with E-state index in [2.05, 4.69) is 65.2 Å². The van der Waals surface area contributed by atoms with Crippen LogP contribution in [-0.2, 0) is 19.5 Å². The van der Waals surface area contributed by atoms with Crippen LogP contribution in [0.3, 0.4) is 0 Å². The maximum absolute atomic E-state index is 9.10. The van der Waals surface area contributed by atoms with Crippen LogP contribution < -0.4 is 5.32 Å². The molecular weight excluding hydrogens is 310 g/mol. The second-order valence-electron chi connectivity index (χ2n) is 7.82. The Hall–Kier alpha value is -2.45. The molecule has 0 atom stereocenters. The Bertz CT molecular complexity index is 785. The monoisotopic (exact) mass is 335 g/mol. The highest BCUT2D eigenvalue weighted by Crippen LogP contribution is 2.23. The Morgan fingerprint density at radius 1 is 1.24 bits per heavy atom. The van der Waals surface area contributed by atoms with Gasteiger partial charge in [0.05, 0.1) is 0 Å². The number of hydrogen-bond donors (Lipinski definition) is 1. The number of fused-ring (bicyclic) bond motifs is 1. The second-order valence-corrected chi connectivity index (χ2v) is 7.82. The van der Waals surface area contributed by atoms with Crippen molar-refractivity contribution in [3.05, 3.63) is 53.0 Å². The molecule has 0 saturated heterocycles. The third kappa shape index (κ3) is 4.55. The molecule has 0 spiro atoms. The van der Waals surface area contributed by atoms with Gasteiger partial charge in [-0.25, -0.2) is 9.97 Å². The Balaban J connectivity index is 1.77. The van der Waals surface area contributed by atoms with Crippen molar-refractivity contribution in [1.29, 1.82) is 5.26 Å². The van der Waals surface area contributed by atoms with Crippen LogP contribution in [0.5, 0.6) is 0 Å². The molecule has 1 aromatic carbocycles. The molecule has 130 valence electrons. The maximum atomic E-state index is 9.10. The van der Waals surface area contributed by atoms with Crippen molar-refractivity contribution in [3.63, 3.8) is 0 Å². The average molecular weight is 335 g/mol. The summed E-state index contributed by atoms with van der Waals surface area (Å²) >= 11 is 0. The van der Waals surface area contributed by atoms with E-state index in [1.807, 2.05) is 6.07 Å². The molecule has 1 aliphatic heterocycles. The molecule has 0 unspecified atom stereocenters. The van der Waals surface area contributed by atoms with Gasteiger partial charge in [-0.05, 0) is 23.0 Å². The van der Waals surface area contributed by atoms with E-state index in [1.54, 1.807) is 6.20 Å². The van der Waals surface area contributed by atoms with Crippen molar-refractivity contribution < 1.29 is 0 Å². The van der Waals surface area contributed by atoms with Gasteiger partial charge in [0.15, 0.2) is 0 Å². The lowest BCUT2D eigenvalue weighted by Gasteiger charge is -2.29. The predicted molar refractivity (Wildman–Crippen MR) is 99.0 cm³/mol. The molecule has 25 heavy (non-hydrogen) atoms. The lowest BCUT2D eigenvalue weighted by Crippen LogP contribution is -2.30. The zero-order chi connectivity index (χ0) is 17.9. The van der Waals surface area contributed by atoms with Crippen LogP contribution in [0.1, 0.15) is 43.3 Å². The van der Waals surface area contributed by atoms with Crippen LogP contribution in [0.25, 0.3) is 0 Å². The molecule has 0 bridgehead atoms. The molecule has 5 heteroatoms. The first-order chi connectivity index (χ1) is 11.9. The van der Waals surface area contributed by atoms with E-state index >= 15 is 0 Å². The van der Waals surface area contributed by atoms with Crippen molar-refractivity contribution in [2.45, 2.75) is 40.3 Å². The van der Waals surface area contributed by atoms with Crippen molar-refractivity contribution in [3.8, 4) is 6.07 Å². The third-order valence-electron chi connectivity index (χ3n) is 4.35. The number of rotatable bonds is 4. The molecule has 0 amide bonds. The lowest BCUT2D eigenvalue weighted by molar-refractivity contribution is 0.245. The number of hydrogen-bond acceptors (Lipinski definition) is 5. The molecule has 0 radical (unpaired) electrons. The Labute approximate surface area is 149 Å². The SMILES string of the molecule is CC(C)(C)CNc1nc(C#N)ncc1CN1CCc2ccccc2C1. The molecule has 3 rings (SSSR count). The standard InChI is InChI=1S/C20H25N5/c1-20(2,3)14-23-19-17(11-22-18(10-21)24-19)13-25-9-8-15-6-4-5-7-16(15)12-25/h4-7,11H,8-9,12-14H2,1-3H3,(H,22,23,24). The lowest BCUT2D eigenvalue weighted by atomic mass is 9.97. The first-order valence-electron chi connectivity index (χ1n) is 8.74. The smallest absolute Gasteiger partial charge is 0.234 e. The van der Waals surface area contributed by atoms with Crippen LogP contribution in [0.15, 0.2) is 30.5 Å². The quantitative estimate of drug-likeness (QED) is 0.928. The first-order valence-corrected chi connectivity index (χ1v) is 8.74. The number of nitrogens with zero attached hydrogens (tertiary/aromatic N) is 4. The van der Waals surface area contributed by atoms with Crippen LogP contribution in [0.4, 0.5) is 5.82 Å². The molecule has 2 heterocycles. The van der Waals surface area contributed by atoms with E-state index < -0.39 is 0 Å². The zero-order valence-electron chi connectivity index (χ0n) is 15.2. The number of nitriles is 1. The molecule has 0 fully saturated rings. The van der Waals surface area contributed by atoms with Crippen molar-refractivity contribution in [2.75, 3.05) is 18.4 Å². The summed E-state index contributed by atoms with van der Waals surface area (Å²) in [5, 5.41) is 12.5. The highest BCUT2D eigenvalue weighted by Gasteiger charge is 2.19. The minimum absolute atomic E-state index is 0.138. The van der Waals surface area contributed by atoms with Gasteiger partial charge in [0.2, 0.25) is 5.82 Å². The Morgan fingerprint density at radius 2 is 2.00 bits per heavy atom. The van der Waals surface area contributed by atoms with E-state index in [-0.39, 0.29) is 11.2 Å². The maximum Gasteiger partial charge on any atom is 0.234 e. The van der Waals surface area contributed by atoms with Gasteiger partial charge >= 0.3 is 0 Å². The van der Waals surface area contributed by atoms with E-state index in [4.69, 9.17) is 5.26 Å². The van der Waals surface area contributed by atoms with E-state index in [0.717, 1.165) is 44.0 Å². The summed E-state index contributed by atoms with van der Waals surface area (Å²) in [6.45, 7) is 10.1. The highest BCUT2D eigenvalue weighted by atomic mass is 15.1. The van der Waals surface area contributed by atoms with E-state index in [9.17, 15) is 0 Å². The minimum Gasteiger partial charge on any atom is -0.369 e. The Kier molecular flexibility index (Phi) is 5.00. The molecule has 5 nitrogen and oxygen atoms in total. The largest absolute Gasteiger partial charge is 0.369 e. The Morgan fingerprint density at radius 3 is 2.72 bits per heavy atom. The molecule has 1 aliphatic rings. The summed E-state index contributed by atoms with van der Waals surface area (Å²) in [7, 11) is 0. The minimum atomic E-state index is 0.138. The summed E-state index contributed by atoms with van der Waals surface area (Å²) in [4.78, 5) is 11.0. The van der Waals surface area contributed by atoms with Crippen molar-refractivity contribution in [1.82, 2.24) is 14.9 Å². The normalized spacial score (nSPS) is 14.6. The first kappa shape index (κ1) is 17.4. The second kappa shape index (κ2) is 7.20. The van der Waals surface area contributed by atoms with Gasteiger partial charge in [0.1, 0.15) is 11.9 Å². The summed E-state index contributed by atoms with van der Waals surface area (Å²) in [6, 6.07) is 10.7. The van der Waals surface area contributed by atoms with E-state index in [1.165, 1.54) is 11.1 Å². The van der Waals surface area contributed by atoms with Gasteiger partial charge in [-0.3, -0.25) is 4.90 Å². The zero-order valence-corrected chi connectivity index (χ0v) is 15.2. The van der Waals surface area contributed by atoms with Crippen LogP contribution in [0, 0.1) is 16.7 Å². The fraction of sp³-hybridized carbons (Fsp3) is 0.450. The average Bonchev–Trinajstić information content (AvgIpc) is 2.60. The summed E-state index contributed by atoms with van der Waals surface area (Å²) in [5.41, 5.74) is 4.02. The molecular formula is C20H25N5.